The normalized spacial score (nSPS) is 12.1. The van der Waals surface area contributed by atoms with Crippen LogP contribution in [0.2, 0.25) is 0 Å². The van der Waals surface area contributed by atoms with Crippen molar-refractivity contribution < 1.29 is 9.78 Å². The first-order valence-corrected chi connectivity index (χ1v) is 5.37. The van der Waals surface area contributed by atoms with Crippen LogP contribution in [0.15, 0.2) is 0 Å². The summed E-state index contributed by atoms with van der Waals surface area (Å²) in [5.74, 6) is 0. The highest BCUT2D eigenvalue weighted by atomic mass is 17.2. The zero-order valence-corrected chi connectivity index (χ0v) is 10.9. The molecule has 0 heterocycles. The fraction of sp³-hybridized carbons (Fsp3) is 0.909. The first-order chi connectivity index (χ1) is 6.65. The minimum absolute atomic E-state index is 0.0647. The van der Waals surface area contributed by atoms with Gasteiger partial charge in [-0.1, -0.05) is 0 Å². The standard InChI is InChI=1S/C11H24N2O2/c1-8(2)13(9(3)4)10(12)14-15-11(5,6)7/h8-9,12H,1-7H3. The SMILES string of the molecule is CC(C)N(C(=N)OOC(C)(C)C)C(C)C. The summed E-state index contributed by atoms with van der Waals surface area (Å²) in [5.41, 5.74) is -0.397. The molecule has 0 saturated heterocycles. The third-order valence-electron chi connectivity index (χ3n) is 1.72. The van der Waals surface area contributed by atoms with Crippen LogP contribution in [0, 0.1) is 5.41 Å². The van der Waals surface area contributed by atoms with E-state index in [0.29, 0.717) is 0 Å². The van der Waals surface area contributed by atoms with Crippen LogP contribution in [0.25, 0.3) is 0 Å². The maximum atomic E-state index is 7.77. The molecular formula is C11H24N2O2. The summed E-state index contributed by atoms with van der Waals surface area (Å²) < 4.78 is 0. The fourth-order valence-corrected chi connectivity index (χ4v) is 1.27. The lowest BCUT2D eigenvalue weighted by atomic mass is 10.2. The Labute approximate surface area is 93.0 Å². The van der Waals surface area contributed by atoms with Crippen molar-refractivity contribution in [2.75, 3.05) is 0 Å². The van der Waals surface area contributed by atoms with Crippen LogP contribution >= 0.6 is 0 Å². The molecule has 0 aliphatic carbocycles. The van der Waals surface area contributed by atoms with Crippen molar-refractivity contribution in [3.8, 4) is 0 Å². The highest BCUT2D eigenvalue weighted by Crippen LogP contribution is 2.11. The Morgan fingerprint density at radius 1 is 1.07 bits per heavy atom. The fourth-order valence-electron chi connectivity index (χ4n) is 1.27. The zero-order chi connectivity index (χ0) is 12.2. The van der Waals surface area contributed by atoms with Crippen molar-refractivity contribution in [2.45, 2.75) is 66.2 Å². The topological polar surface area (TPSA) is 45.6 Å². The zero-order valence-electron chi connectivity index (χ0n) is 10.9. The molecule has 0 amide bonds. The van der Waals surface area contributed by atoms with Crippen LogP contribution in [0.5, 0.6) is 0 Å². The molecule has 0 atom stereocenters. The van der Waals surface area contributed by atoms with E-state index in [0.717, 1.165) is 0 Å². The molecule has 0 rings (SSSR count). The van der Waals surface area contributed by atoms with Crippen LogP contribution in [0.4, 0.5) is 0 Å². The molecule has 4 heteroatoms. The van der Waals surface area contributed by atoms with E-state index in [1.54, 1.807) is 0 Å². The lowest BCUT2D eigenvalue weighted by Gasteiger charge is -2.32. The smallest absolute Gasteiger partial charge is 0.320 e. The van der Waals surface area contributed by atoms with Gasteiger partial charge in [-0.3, -0.25) is 4.89 Å². The number of rotatable bonds is 3. The molecule has 0 unspecified atom stereocenters. The van der Waals surface area contributed by atoms with Crippen molar-refractivity contribution in [1.29, 1.82) is 5.41 Å². The summed E-state index contributed by atoms with van der Waals surface area (Å²) in [7, 11) is 0. The molecule has 0 radical (unpaired) electrons. The van der Waals surface area contributed by atoms with Gasteiger partial charge in [0.2, 0.25) is 0 Å². The Balaban J connectivity index is 4.29. The average Bonchev–Trinajstić information content (AvgIpc) is 1.97. The summed E-state index contributed by atoms with van der Waals surface area (Å²) >= 11 is 0. The second-order valence-corrected chi connectivity index (χ2v) is 5.18. The average molecular weight is 216 g/mol. The van der Waals surface area contributed by atoms with Crippen molar-refractivity contribution in [2.24, 2.45) is 0 Å². The second kappa shape index (κ2) is 5.35. The van der Waals surface area contributed by atoms with Crippen LogP contribution in [-0.4, -0.2) is 28.6 Å². The van der Waals surface area contributed by atoms with E-state index >= 15 is 0 Å². The van der Waals surface area contributed by atoms with Crippen molar-refractivity contribution >= 4 is 6.02 Å². The Bertz CT molecular complexity index is 199. The van der Waals surface area contributed by atoms with E-state index in [-0.39, 0.29) is 18.1 Å². The summed E-state index contributed by atoms with van der Waals surface area (Å²) in [6.07, 6.45) is 0. The quantitative estimate of drug-likeness (QED) is 0.341. The Morgan fingerprint density at radius 3 is 1.73 bits per heavy atom. The molecule has 0 spiro atoms. The van der Waals surface area contributed by atoms with E-state index in [1.165, 1.54) is 0 Å². The Morgan fingerprint density at radius 2 is 1.47 bits per heavy atom. The van der Waals surface area contributed by atoms with Crippen molar-refractivity contribution in [3.63, 3.8) is 0 Å². The summed E-state index contributed by atoms with van der Waals surface area (Å²) in [5, 5.41) is 7.77. The van der Waals surface area contributed by atoms with Crippen LogP contribution in [0.3, 0.4) is 0 Å². The molecule has 15 heavy (non-hydrogen) atoms. The highest BCUT2D eigenvalue weighted by molar-refractivity contribution is 5.70. The molecule has 0 saturated carbocycles. The van der Waals surface area contributed by atoms with Gasteiger partial charge in [0.25, 0.3) is 0 Å². The predicted molar refractivity (Wildman–Crippen MR) is 61.8 cm³/mol. The summed E-state index contributed by atoms with van der Waals surface area (Å²) in [6.45, 7) is 13.7. The first-order valence-electron chi connectivity index (χ1n) is 5.37. The predicted octanol–water partition coefficient (Wildman–Crippen LogP) is 2.79. The number of amidine groups is 1. The van der Waals surface area contributed by atoms with E-state index < -0.39 is 5.60 Å². The van der Waals surface area contributed by atoms with Gasteiger partial charge in [-0.05, 0) is 48.5 Å². The van der Waals surface area contributed by atoms with E-state index in [9.17, 15) is 0 Å². The van der Waals surface area contributed by atoms with E-state index in [2.05, 4.69) is 0 Å². The third kappa shape index (κ3) is 5.62. The molecule has 4 nitrogen and oxygen atoms in total. The minimum atomic E-state index is -0.397. The molecule has 0 aromatic heterocycles. The van der Waals surface area contributed by atoms with Crippen LogP contribution in [0.1, 0.15) is 48.5 Å². The molecule has 0 aromatic carbocycles. The Hall–Kier alpha value is -0.770. The molecule has 0 aliphatic rings. The van der Waals surface area contributed by atoms with Gasteiger partial charge in [-0.2, -0.15) is 4.89 Å². The van der Waals surface area contributed by atoms with Crippen LogP contribution < -0.4 is 0 Å². The monoisotopic (exact) mass is 216 g/mol. The number of nitrogens with zero attached hydrogens (tertiary/aromatic N) is 1. The van der Waals surface area contributed by atoms with Gasteiger partial charge in [0.05, 0.1) is 0 Å². The lowest BCUT2D eigenvalue weighted by molar-refractivity contribution is -0.296. The van der Waals surface area contributed by atoms with Gasteiger partial charge in [0, 0.05) is 12.1 Å². The molecule has 0 bridgehead atoms. The second-order valence-electron chi connectivity index (χ2n) is 5.18. The molecule has 0 fully saturated rings. The van der Waals surface area contributed by atoms with Crippen LogP contribution in [-0.2, 0) is 9.78 Å². The number of nitrogens with one attached hydrogen (secondary N) is 1. The van der Waals surface area contributed by atoms with Crippen molar-refractivity contribution in [1.82, 2.24) is 4.90 Å². The molecule has 0 aromatic rings. The molecule has 90 valence electrons. The highest BCUT2D eigenvalue weighted by Gasteiger charge is 2.21. The molecule has 0 aliphatic heterocycles. The summed E-state index contributed by atoms with van der Waals surface area (Å²) in [4.78, 5) is 12.0. The number of hydrogen-bond donors (Lipinski definition) is 1. The van der Waals surface area contributed by atoms with Gasteiger partial charge >= 0.3 is 6.02 Å². The van der Waals surface area contributed by atoms with E-state index in [1.807, 2.05) is 53.4 Å². The van der Waals surface area contributed by atoms with Gasteiger partial charge in [0.1, 0.15) is 5.60 Å². The minimum Gasteiger partial charge on any atom is -0.320 e. The van der Waals surface area contributed by atoms with Gasteiger partial charge in [0.15, 0.2) is 0 Å². The van der Waals surface area contributed by atoms with Gasteiger partial charge in [-0.15, -0.1) is 0 Å². The summed E-state index contributed by atoms with van der Waals surface area (Å²) in [6, 6.07) is 0.511. The largest absolute Gasteiger partial charge is 0.322 e. The maximum Gasteiger partial charge on any atom is 0.322 e. The first kappa shape index (κ1) is 14.2. The number of hydrogen-bond acceptors (Lipinski definition) is 3. The lowest BCUT2D eigenvalue weighted by Crippen LogP contribution is -2.43. The Kier molecular flexibility index (Phi) is 5.08. The van der Waals surface area contributed by atoms with Gasteiger partial charge in [-0.25, -0.2) is 5.41 Å². The maximum absolute atomic E-state index is 7.77. The van der Waals surface area contributed by atoms with E-state index in [4.69, 9.17) is 15.2 Å². The third-order valence-corrected chi connectivity index (χ3v) is 1.72. The molecular weight excluding hydrogens is 192 g/mol. The van der Waals surface area contributed by atoms with Gasteiger partial charge < -0.3 is 4.90 Å². The molecule has 1 N–H and O–H groups in total. The van der Waals surface area contributed by atoms with Crippen molar-refractivity contribution in [3.05, 3.63) is 0 Å².